The minimum atomic E-state index is 0.522. The topological polar surface area (TPSA) is 74.5 Å². The highest BCUT2D eigenvalue weighted by Crippen LogP contribution is 2.20. The molecule has 0 spiro atoms. The van der Waals surface area contributed by atoms with Crippen molar-refractivity contribution in [2.45, 2.75) is 25.9 Å². The van der Waals surface area contributed by atoms with Crippen LogP contribution in [-0.4, -0.2) is 24.1 Å². The van der Waals surface area contributed by atoms with Gasteiger partial charge >= 0.3 is 0 Å². The number of pyridine rings is 1. The van der Waals surface area contributed by atoms with E-state index >= 15 is 0 Å². The summed E-state index contributed by atoms with van der Waals surface area (Å²) in [6.45, 7) is 1.79. The van der Waals surface area contributed by atoms with Gasteiger partial charge in [0.05, 0.1) is 6.33 Å². The molecule has 3 aromatic rings. The number of aryl methyl sites for hydroxylation is 2. The van der Waals surface area contributed by atoms with Gasteiger partial charge in [0.1, 0.15) is 5.52 Å². The maximum absolute atomic E-state index is 5.96. The molecule has 0 aliphatic carbocycles. The van der Waals surface area contributed by atoms with Gasteiger partial charge in [-0.25, -0.2) is 15.0 Å². The Balaban J connectivity index is 1.66. The molecule has 0 aliphatic rings. The van der Waals surface area contributed by atoms with Gasteiger partial charge in [0.2, 0.25) is 5.95 Å². The number of nitrogens with zero attached hydrogens (tertiary/aromatic N) is 5. The number of hydrogen-bond acceptors (Lipinski definition) is 4. The Morgan fingerprint density at radius 3 is 2.90 bits per heavy atom. The first-order valence-corrected chi connectivity index (χ1v) is 7.26. The zero-order chi connectivity index (χ0) is 13.9. The number of aromatic nitrogens is 5. The number of halogens is 1. The van der Waals surface area contributed by atoms with E-state index in [-0.39, 0.29) is 0 Å². The maximum Gasteiger partial charge on any atom is 0.202 e. The van der Waals surface area contributed by atoms with Crippen molar-refractivity contribution in [3.8, 4) is 0 Å². The summed E-state index contributed by atoms with van der Waals surface area (Å²) < 4.78 is 4.95. The molecule has 3 heterocycles. The molecular formula is C13H15BrN6. The summed E-state index contributed by atoms with van der Waals surface area (Å²) in [4.78, 5) is 12.8. The van der Waals surface area contributed by atoms with Gasteiger partial charge in [0.25, 0.3) is 0 Å². The lowest BCUT2D eigenvalue weighted by molar-refractivity contribution is 0.560. The van der Waals surface area contributed by atoms with Crippen molar-refractivity contribution in [1.82, 2.24) is 24.1 Å². The Hall–Kier alpha value is -1.89. The Morgan fingerprint density at radius 2 is 2.10 bits per heavy atom. The van der Waals surface area contributed by atoms with Crippen LogP contribution in [0.2, 0.25) is 0 Å². The van der Waals surface area contributed by atoms with Crippen LogP contribution in [0.3, 0.4) is 0 Å². The van der Waals surface area contributed by atoms with E-state index in [1.54, 1.807) is 12.4 Å². The minimum absolute atomic E-state index is 0.522. The molecule has 0 bridgehead atoms. The first kappa shape index (κ1) is 13.1. The number of rotatable bonds is 5. The van der Waals surface area contributed by atoms with Crippen LogP contribution in [0.15, 0.2) is 35.5 Å². The lowest BCUT2D eigenvalue weighted by Crippen LogP contribution is -2.05. The zero-order valence-corrected chi connectivity index (χ0v) is 12.5. The quantitative estimate of drug-likeness (QED) is 0.727. The predicted molar refractivity (Wildman–Crippen MR) is 81.1 cm³/mol. The first-order valence-electron chi connectivity index (χ1n) is 6.47. The average Bonchev–Trinajstić information content (AvgIpc) is 3.02. The first-order chi connectivity index (χ1) is 9.74. The highest BCUT2D eigenvalue weighted by molar-refractivity contribution is 9.10. The van der Waals surface area contributed by atoms with Crippen LogP contribution in [0.25, 0.3) is 11.2 Å². The van der Waals surface area contributed by atoms with Crippen molar-refractivity contribution < 1.29 is 0 Å². The van der Waals surface area contributed by atoms with Gasteiger partial charge in [0, 0.05) is 36.2 Å². The number of hydrogen-bond donors (Lipinski definition) is 1. The molecule has 0 aromatic carbocycles. The number of nitrogens with two attached hydrogens (primary N) is 1. The molecule has 3 rings (SSSR count). The van der Waals surface area contributed by atoms with Crippen molar-refractivity contribution in [3.63, 3.8) is 0 Å². The van der Waals surface area contributed by atoms with E-state index in [9.17, 15) is 0 Å². The van der Waals surface area contributed by atoms with Crippen molar-refractivity contribution in [1.29, 1.82) is 0 Å². The Bertz CT molecular complexity index is 703. The van der Waals surface area contributed by atoms with Gasteiger partial charge in [-0.3, -0.25) is 4.57 Å². The molecule has 2 N–H and O–H groups in total. The van der Waals surface area contributed by atoms with Gasteiger partial charge in [-0.1, -0.05) is 0 Å². The van der Waals surface area contributed by atoms with Gasteiger partial charge in [-0.05, 0) is 34.8 Å². The zero-order valence-electron chi connectivity index (χ0n) is 10.9. The predicted octanol–water partition coefficient (Wildman–Crippen LogP) is 2.45. The molecule has 0 atom stereocenters. The third-order valence-electron chi connectivity index (χ3n) is 3.19. The van der Waals surface area contributed by atoms with Gasteiger partial charge in [0.15, 0.2) is 5.65 Å². The molecule has 3 aromatic heterocycles. The SMILES string of the molecule is Nc1nc2cc(Br)cnc2n1CCCCn1ccnc1. The van der Waals surface area contributed by atoms with Crippen LogP contribution >= 0.6 is 15.9 Å². The van der Waals surface area contributed by atoms with Crippen molar-refractivity contribution in [2.24, 2.45) is 0 Å². The summed E-state index contributed by atoms with van der Waals surface area (Å²) in [5.41, 5.74) is 7.63. The lowest BCUT2D eigenvalue weighted by Gasteiger charge is -2.06. The fraction of sp³-hybridized carbons (Fsp3) is 0.308. The van der Waals surface area contributed by atoms with Crippen LogP contribution in [0.1, 0.15) is 12.8 Å². The van der Waals surface area contributed by atoms with E-state index < -0.39 is 0 Å². The molecule has 20 heavy (non-hydrogen) atoms. The summed E-state index contributed by atoms with van der Waals surface area (Å²) in [6, 6.07) is 1.93. The highest BCUT2D eigenvalue weighted by Gasteiger charge is 2.09. The van der Waals surface area contributed by atoms with E-state index in [0.717, 1.165) is 41.6 Å². The highest BCUT2D eigenvalue weighted by atomic mass is 79.9. The summed E-state index contributed by atoms with van der Waals surface area (Å²) in [5.74, 6) is 0.522. The van der Waals surface area contributed by atoms with E-state index in [4.69, 9.17) is 5.73 Å². The Morgan fingerprint density at radius 1 is 1.25 bits per heavy atom. The molecule has 7 heteroatoms. The molecule has 0 fully saturated rings. The third-order valence-corrected chi connectivity index (χ3v) is 3.62. The standard InChI is InChI=1S/C13H15BrN6/c14-10-7-11-12(17-8-10)20(13(15)18-11)5-2-1-4-19-6-3-16-9-19/h3,6-9H,1-2,4-5H2,(H2,15,18). The molecule has 0 unspecified atom stereocenters. The van der Waals surface area contributed by atoms with E-state index in [1.165, 1.54) is 0 Å². The summed E-state index contributed by atoms with van der Waals surface area (Å²) in [5, 5.41) is 0. The largest absolute Gasteiger partial charge is 0.369 e. The number of unbranched alkanes of at least 4 members (excludes halogenated alkanes) is 1. The van der Waals surface area contributed by atoms with Crippen molar-refractivity contribution in [3.05, 3.63) is 35.5 Å². The fourth-order valence-corrected chi connectivity index (χ4v) is 2.53. The number of fused-ring (bicyclic) bond motifs is 1. The molecule has 0 radical (unpaired) electrons. The summed E-state index contributed by atoms with van der Waals surface area (Å²) in [6.07, 6.45) is 9.45. The minimum Gasteiger partial charge on any atom is -0.369 e. The second-order valence-corrected chi connectivity index (χ2v) is 5.54. The van der Waals surface area contributed by atoms with E-state index in [2.05, 4.69) is 35.4 Å². The molecular weight excluding hydrogens is 320 g/mol. The smallest absolute Gasteiger partial charge is 0.202 e. The lowest BCUT2D eigenvalue weighted by atomic mass is 10.3. The number of nitrogen functional groups attached to an aromatic ring is 1. The molecule has 0 amide bonds. The van der Waals surface area contributed by atoms with E-state index in [1.807, 2.05) is 23.2 Å². The molecule has 6 nitrogen and oxygen atoms in total. The molecule has 104 valence electrons. The number of imidazole rings is 2. The van der Waals surface area contributed by atoms with Gasteiger partial charge in [-0.15, -0.1) is 0 Å². The second-order valence-electron chi connectivity index (χ2n) is 4.63. The average molecular weight is 335 g/mol. The van der Waals surface area contributed by atoms with Crippen LogP contribution in [0, 0.1) is 0 Å². The Labute approximate surface area is 124 Å². The summed E-state index contributed by atoms with van der Waals surface area (Å²) >= 11 is 3.39. The number of anilines is 1. The molecule has 0 saturated carbocycles. The van der Waals surface area contributed by atoms with E-state index in [0.29, 0.717) is 5.95 Å². The monoisotopic (exact) mass is 334 g/mol. The van der Waals surface area contributed by atoms with Crippen LogP contribution in [0.5, 0.6) is 0 Å². The van der Waals surface area contributed by atoms with Crippen LogP contribution < -0.4 is 5.73 Å². The molecule has 0 aliphatic heterocycles. The van der Waals surface area contributed by atoms with Gasteiger partial charge in [-0.2, -0.15) is 0 Å². The van der Waals surface area contributed by atoms with Crippen LogP contribution in [-0.2, 0) is 13.1 Å². The van der Waals surface area contributed by atoms with Crippen LogP contribution in [0.4, 0.5) is 5.95 Å². The maximum atomic E-state index is 5.96. The van der Waals surface area contributed by atoms with Gasteiger partial charge < -0.3 is 10.3 Å². The van der Waals surface area contributed by atoms with Crippen molar-refractivity contribution >= 4 is 33.0 Å². The van der Waals surface area contributed by atoms with Crippen molar-refractivity contribution in [2.75, 3.05) is 5.73 Å². The molecule has 0 saturated heterocycles. The normalized spacial score (nSPS) is 11.2. The third kappa shape index (κ3) is 2.67. The summed E-state index contributed by atoms with van der Waals surface area (Å²) in [7, 11) is 0. The fourth-order valence-electron chi connectivity index (χ4n) is 2.21. The Kier molecular flexibility index (Phi) is 3.68. The second kappa shape index (κ2) is 5.62.